The second-order valence-electron chi connectivity index (χ2n) is 5.22. The van der Waals surface area contributed by atoms with Crippen molar-refractivity contribution < 1.29 is 19.0 Å². The average Bonchev–Trinajstić information content (AvgIpc) is 2.95. The van der Waals surface area contributed by atoms with Crippen LogP contribution in [0.25, 0.3) is 16.8 Å². The number of carboxylic acid groups (broad SMARTS) is 1. The molecule has 3 aromatic rings. The lowest BCUT2D eigenvalue weighted by atomic mass is 10.1. The van der Waals surface area contributed by atoms with E-state index >= 15 is 0 Å². The topological polar surface area (TPSA) is 64.4 Å². The van der Waals surface area contributed by atoms with Crippen LogP contribution in [0.15, 0.2) is 54.7 Å². The maximum Gasteiger partial charge on any atom is 0.308 e. The molecule has 0 bridgehead atoms. The van der Waals surface area contributed by atoms with Crippen LogP contribution in [0, 0.1) is 5.95 Å². The Labute approximate surface area is 137 Å². The molecule has 2 aromatic carbocycles. The van der Waals surface area contributed by atoms with E-state index in [0.29, 0.717) is 5.69 Å². The molecular weight excluding hydrogens is 311 g/mol. The number of ether oxygens (including phenoxy) is 1. The van der Waals surface area contributed by atoms with Crippen molar-refractivity contribution in [1.29, 1.82) is 0 Å². The van der Waals surface area contributed by atoms with Crippen molar-refractivity contribution in [3.63, 3.8) is 0 Å². The molecule has 0 saturated heterocycles. The number of benzene rings is 2. The van der Waals surface area contributed by atoms with Gasteiger partial charge in [0.2, 0.25) is 5.95 Å². The minimum atomic E-state index is -1.10. The van der Waals surface area contributed by atoms with Gasteiger partial charge in [0.05, 0.1) is 25.4 Å². The lowest BCUT2D eigenvalue weighted by molar-refractivity contribution is -0.136. The Morgan fingerprint density at radius 2 is 1.96 bits per heavy atom. The molecule has 0 atom stereocenters. The monoisotopic (exact) mass is 326 g/mol. The summed E-state index contributed by atoms with van der Waals surface area (Å²) in [5.41, 5.74) is 2.51. The van der Waals surface area contributed by atoms with Crippen LogP contribution >= 0.6 is 0 Å². The molecule has 24 heavy (non-hydrogen) atoms. The fourth-order valence-corrected chi connectivity index (χ4v) is 2.43. The summed E-state index contributed by atoms with van der Waals surface area (Å²) < 4.78 is 20.5. The summed E-state index contributed by atoms with van der Waals surface area (Å²) >= 11 is 0. The molecule has 0 saturated carbocycles. The van der Waals surface area contributed by atoms with E-state index < -0.39 is 18.3 Å². The van der Waals surface area contributed by atoms with Crippen LogP contribution < -0.4 is 4.74 Å². The van der Waals surface area contributed by atoms with Crippen molar-refractivity contribution in [2.24, 2.45) is 0 Å². The number of carbonyl (C=O) groups is 1. The number of halogens is 1. The second-order valence-corrected chi connectivity index (χ2v) is 5.22. The molecule has 0 aliphatic rings. The Kier molecular flexibility index (Phi) is 4.29. The first-order chi connectivity index (χ1) is 11.6. The summed E-state index contributed by atoms with van der Waals surface area (Å²) in [5.74, 6) is -0.999. The summed E-state index contributed by atoms with van der Waals surface area (Å²) in [7, 11) is 1.61. The number of aromatic nitrogens is 2. The maximum absolute atomic E-state index is 14.2. The van der Waals surface area contributed by atoms with Gasteiger partial charge in [-0.2, -0.15) is 9.49 Å². The van der Waals surface area contributed by atoms with Crippen LogP contribution in [0.1, 0.15) is 5.56 Å². The molecule has 0 unspecified atom stereocenters. The Balaban J connectivity index is 1.89. The Bertz CT molecular complexity index is 872. The van der Waals surface area contributed by atoms with Gasteiger partial charge in [0.25, 0.3) is 0 Å². The zero-order valence-electron chi connectivity index (χ0n) is 12.9. The average molecular weight is 326 g/mol. The third-order valence-corrected chi connectivity index (χ3v) is 3.64. The Morgan fingerprint density at radius 1 is 1.21 bits per heavy atom. The van der Waals surface area contributed by atoms with Gasteiger partial charge in [-0.25, -0.2) is 4.68 Å². The van der Waals surface area contributed by atoms with Crippen LogP contribution in [0.4, 0.5) is 4.39 Å². The molecule has 122 valence electrons. The van der Waals surface area contributed by atoms with Crippen molar-refractivity contribution in [3.8, 4) is 22.6 Å². The van der Waals surface area contributed by atoms with Crippen molar-refractivity contribution in [2.45, 2.75) is 6.42 Å². The van der Waals surface area contributed by atoms with E-state index in [0.717, 1.165) is 21.6 Å². The van der Waals surface area contributed by atoms with Gasteiger partial charge in [-0.15, -0.1) is 0 Å². The summed E-state index contributed by atoms with van der Waals surface area (Å²) in [5, 5.41) is 12.7. The number of carboxylic acids is 1. The van der Waals surface area contributed by atoms with Crippen molar-refractivity contribution in [3.05, 3.63) is 66.2 Å². The van der Waals surface area contributed by atoms with E-state index in [1.165, 1.54) is 6.20 Å². The van der Waals surface area contributed by atoms with Crippen LogP contribution in [0.2, 0.25) is 0 Å². The Hall–Kier alpha value is -3.15. The fourth-order valence-electron chi connectivity index (χ4n) is 2.43. The molecule has 3 rings (SSSR count). The van der Waals surface area contributed by atoms with Gasteiger partial charge in [-0.1, -0.05) is 24.3 Å². The number of nitrogens with zero attached hydrogens (tertiary/aromatic N) is 2. The molecule has 0 amide bonds. The van der Waals surface area contributed by atoms with Gasteiger partial charge in [-0.3, -0.25) is 4.79 Å². The minimum Gasteiger partial charge on any atom is -0.497 e. The molecule has 0 spiro atoms. The van der Waals surface area contributed by atoms with Crippen molar-refractivity contribution in [1.82, 2.24) is 9.78 Å². The Morgan fingerprint density at radius 3 is 2.62 bits per heavy atom. The van der Waals surface area contributed by atoms with Gasteiger partial charge in [0.1, 0.15) is 5.75 Å². The van der Waals surface area contributed by atoms with E-state index in [2.05, 4.69) is 5.10 Å². The normalized spacial score (nSPS) is 10.6. The molecular formula is C18H15FN2O3. The highest BCUT2D eigenvalue weighted by Crippen LogP contribution is 2.25. The number of rotatable bonds is 5. The quantitative estimate of drug-likeness (QED) is 0.781. The van der Waals surface area contributed by atoms with E-state index in [1.807, 2.05) is 36.4 Å². The van der Waals surface area contributed by atoms with Crippen LogP contribution in [0.3, 0.4) is 0 Å². The molecule has 1 N–H and O–H groups in total. The zero-order valence-corrected chi connectivity index (χ0v) is 12.9. The largest absolute Gasteiger partial charge is 0.497 e. The predicted octanol–water partition coefficient (Wildman–Crippen LogP) is 3.31. The second kappa shape index (κ2) is 6.54. The first-order valence-electron chi connectivity index (χ1n) is 7.27. The number of aliphatic carboxylic acids is 1. The molecule has 5 nitrogen and oxygen atoms in total. The van der Waals surface area contributed by atoms with E-state index in [-0.39, 0.29) is 5.56 Å². The van der Waals surface area contributed by atoms with E-state index in [4.69, 9.17) is 9.84 Å². The summed E-state index contributed by atoms with van der Waals surface area (Å²) in [6, 6.07) is 14.8. The summed E-state index contributed by atoms with van der Waals surface area (Å²) in [6.07, 6.45) is 0.840. The van der Waals surface area contributed by atoms with Gasteiger partial charge >= 0.3 is 5.97 Å². The minimum absolute atomic E-state index is 0.0550. The molecule has 0 fully saturated rings. The maximum atomic E-state index is 14.2. The van der Waals surface area contributed by atoms with E-state index in [1.54, 1.807) is 19.2 Å². The highest BCUT2D eigenvalue weighted by molar-refractivity contribution is 5.70. The first kappa shape index (κ1) is 15.7. The molecule has 0 radical (unpaired) electrons. The highest BCUT2D eigenvalue weighted by atomic mass is 19.1. The fraction of sp³-hybridized carbons (Fsp3) is 0.111. The van der Waals surface area contributed by atoms with Crippen molar-refractivity contribution in [2.75, 3.05) is 7.11 Å². The number of hydrogen-bond donors (Lipinski definition) is 1. The lowest BCUT2D eigenvalue weighted by Gasteiger charge is -2.07. The van der Waals surface area contributed by atoms with Gasteiger partial charge in [0, 0.05) is 5.56 Å². The van der Waals surface area contributed by atoms with Crippen molar-refractivity contribution >= 4 is 5.97 Å². The van der Waals surface area contributed by atoms with Gasteiger partial charge in [-0.05, 0) is 35.4 Å². The zero-order chi connectivity index (χ0) is 17.1. The first-order valence-corrected chi connectivity index (χ1v) is 7.27. The van der Waals surface area contributed by atoms with Gasteiger partial charge in [0.15, 0.2) is 0 Å². The van der Waals surface area contributed by atoms with Crippen LogP contribution in [-0.2, 0) is 11.2 Å². The summed E-state index contributed by atoms with van der Waals surface area (Å²) in [6.45, 7) is 0. The smallest absolute Gasteiger partial charge is 0.308 e. The molecule has 1 aromatic heterocycles. The third kappa shape index (κ3) is 3.12. The predicted molar refractivity (Wildman–Crippen MR) is 86.8 cm³/mol. The molecule has 1 heterocycles. The summed E-state index contributed by atoms with van der Waals surface area (Å²) in [4.78, 5) is 10.7. The number of methoxy groups -OCH3 is 1. The lowest BCUT2D eigenvalue weighted by Crippen LogP contribution is -2.04. The molecule has 6 heteroatoms. The highest BCUT2D eigenvalue weighted by Gasteiger charge is 2.14. The van der Waals surface area contributed by atoms with Gasteiger partial charge < -0.3 is 9.84 Å². The SMILES string of the molecule is COc1cccc(-c2ccc(-n3ncc(CC(=O)O)c3F)cc2)c1. The standard InChI is InChI=1S/C18H15FN2O3/c1-24-16-4-2-3-13(9-16)12-5-7-15(8-6-12)21-18(19)14(11-20-21)10-17(22)23/h2-9,11H,10H2,1H3,(H,22,23). The molecule has 0 aliphatic carbocycles. The van der Waals surface area contributed by atoms with Crippen LogP contribution in [-0.4, -0.2) is 28.0 Å². The third-order valence-electron chi connectivity index (χ3n) is 3.64. The number of hydrogen-bond acceptors (Lipinski definition) is 3. The molecule has 0 aliphatic heterocycles. The van der Waals surface area contributed by atoms with E-state index in [9.17, 15) is 9.18 Å². The van der Waals surface area contributed by atoms with Crippen LogP contribution in [0.5, 0.6) is 5.75 Å².